The number of hydrogen-bond acceptors (Lipinski definition) is 5. The Morgan fingerprint density at radius 1 is 1.40 bits per heavy atom. The first-order chi connectivity index (χ1) is 9.63. The van der Waals surface area contributed by atoms with Gasteiger partial charge in [-0.15, -0.1) is 0 Å². The predicted molar refractivity (Wildman–Crippen MR) is 84.6 cm³/mol. The molecule has 1 heterocycles. The number of ether oxygens (including phenoxy) is 1. The van der Waals surface area contributed by atoms with E-state index >= 15 is 0 Å². The summed E-state index contributed by atoms with van der Waals surface area (Å²) >= 11 is 0. The molecule has 7 heteroatoms. The minimum Gasteiger partial charge on any atom is -0.465 e. The zero-order valence-corrected chi connectivity index (χ0v) is 13.6. The van der Waals surface area contributed by atoms with E-state index in [2.05, 4.69) is 16.8 Å². The van der Waals surface area contributed by atoms with Crippen molar-refractivity contribution < 1.29 is 14.3 Å². The van der Waals surface area contributed by atoms with Crippen LogP contribution in [-0.2, 0) is 9.53 Å². The number of likely N-dealkylation sites (N-methyl/N-ethyl adjacent to an activating group) is 1. The predicted octanol–water partition coefficient (Wildman–Crippen LogP) is 2.64. The monoisotopic (exact) mass is 318 g/mol. The number of urea groups is 1. The number of carbonyl (C=O) groups excluding carboxylic acids is 2. The molecule has 5 nitrogen and oxygen atoms in total. The van der Waals surface area contributed by atoms with E-state index in [0.717, 1.165) is 19.3 Å². The van der Waals surface area contributed by atoms with Crippen molar-refractivity contribution in [2.45, 2.75) is 31.4 Å². The summed E-state index contributed by atoms with van der Waals surface area (Å²) < 4.78 is 4.79. The van der Waals surface area contributed by atoms with E-state index in [-0.39, 0.29) is 18.5 Å². The smallest absolute Gasteiger partial charge is 0.325 e. The van der Waals surface area contributed by atoms with E-state index in [1.54, 1.807) is 24.8 Å². The second-order valence-corrected chi connectivity index (χ2v) is 6.87. The van der Waals surface area contributed by atoms with Crippen molar-refractivity contribution in [3.8, 4) is 0 Å². The summed E-state index contributed by atoms with van der Waals surface area (Å²) in [4.78, 5) is 24.3. The maximum absolute atomic E-state index is 11.7. The van der Waals surface area contributed by atoms with Crippen LogP contribution in [0.4, 0.5) is 4.79 Å². The van der Waals surface area contributed by atoms with Gasteiger partial charge in [0.25, 0.3) is 0 Å². The highest BCUT2D eigenvalue weighted by Gasteiger charge is 2.13. The third-order valence-electron chi connectivity index (χ3n) is 2.74. The average molecular weight is 318 g/mol. The molecule has 0 aliphatic carbocycles. The molecule has 0 aromatic carbocycles. The summed E-state index contributed by atoms with van der Waals surface area (Å²) in [6.07, 6.45) is 5.41. The standard InChI is InChI=1S/C13H22N2O3S2/c1-3-18-12(16)10-15(2)13(17)14-8-5-4-6-11-7-9-19-20-11/h7,9,11H,3-6,8,10H2,1-2H3,(H,14,17). The topological polar surface area (TPSA) is 58.6 Å². The molecule has 0 saturated carbocycles. The Bertz CT molecular complexity index is 351. The molecule has 0 saturated heterocycles. The maximum atomic E-state index is 11.7. The molecule has 0 spiro atoms. The van der Waals surface area contributed by atoms with Crippen molar-refractivity contribution in [1.82, 2.24) is 10.2 Å². The number of nitrogens with zero attached hydrogens (tertiary/aromatic N) is 1. The van der Waals surface area contributed by atoms with Gasteiger partial charge in [-0.1, -0.05) is 34.1 Å². The minimum atomic E-state index is -0.382. The van der Waals surface area contributed by atoms with Crippen LogP contribution < -0.4 is 5.32 Å². The Morgan fingerprint density at radius 3 is 2.85 bits per heavy atom. The van der Waals surface area contributed by atoms with Gasteiger partial charge < -0.3 is 15.0 Å². The second-order valence-electron chi connectivity index (χ2n) is 4.45. The van der Waals surface area contributed by atoms with Gasteiger partial charge in [0.1, 0.15) is 6.54 Å². The highest BCUT2D eigenvalue weighted by molar-refractivity contribution is 8.78. The number of unbranched alkanes of at least 4 members (excludes halogenated alkanes) is 1. The average Bonchev–Trinajstić information content (AvgIpc) is 2.91. The zero-order valence-electron chi connectivity index (χ0n) is 12.0. The van der Waals surface area contributed by atoms with Crippen LogP contribution >= 0.6 is 21.6 Å². The minimum absolute atomic E-state index is 0.0135. The molecule has 0 aromatic heterocycles. The summed E-state index contributed by atoms with van der Waals surface area (Å²) in [5, 5.41) is 5.54. The zero-order chi connectivity index (χ0) is 14.8. The molecule has 1 N–H and O–H groups in total. The van der Waals surface area contributed by atoms with Gasteiger partial charge in [-0.2, -0.15) is 0 Å². The maximum Gasteiger partial charge on any atom is 0.325 e. The number of amides is 2. The molecule has 1 rings (SSSR count). The fourth-order valence-electron chi connectivity index (χ4n) is 1.67. The van der Waals surface area contributed by atoms with Gasteiger partial charge in [0.15, 0.2) is 0 Å². The summed E-state index contributed by atoms with van der Waals surface area (Å²) in [5.41, 5.74) is 0. The lowest BCUT2D eigenvalue weighted by Gasteiger charge is -2.16. The van der Waals surface area contributed by atoms with Gasteiger partial charge in [-0.05, 0) is 25.2 Å². The van der Waals surface area contributed by atoms with Crippen LogP contribution in [-0.4, -0.2) is 48.9 Å². The summed E-state index contributed by atoms with van der Waals surface area (Å²) in [6.45, 7) is 2.70. The van der Waals surface area contributed by atoms with E-state index in [1.807, 2.05) is 10.8 Å². The van der Waals surface area contributed by atoms with Gasteiger partial charge in [0, 0.05) is 18.8 Å². The molecule has 0 fully saturated rings. The molecular formula is C13H22N2O3S2. The molecule has 0 aromatic rings. The van der Waals surface area contributed by atoms with Crippen LogP contribution in [0.15, 0.2) is 11.5 Å². The molecule has 1 aliphatic heterocycles. The van der Waals surface area contributed by atoms with Crippen molar-refractivity contribution in [2.24, 2.45) is 0 Å². The Labute approximate surface area is 128 Å². The summed E-state index contributed by atoms with van der Waals surface area (Å²) in [5.74, 6) is -0.382. The number of esters is 1. The van der Waals surface area contributed by atoms with Crippen molar-refractivity contribution in [3.63, 3.8) is 0 Å². The van der Waals surface area contributed by atoms with Crippen molar-refractivity contribution >= 4 is 33.6 Å². The van der Waals surface area contributed by atoms with Crippen LogP contribution in [0.5, 0.6) is 0 Å². The molecule has 0 bridgehead atoms. The van der Waals surface area contributed by atoms with E-state index in [9.17, 15) is 9.59 Å². The summed E-state index contributed by atoms with van der Waals surface area (Å²) in [6, 6.07) is -0.233. The molecule has 114 valence electrons. The highest BCUT2D eigenvalue weighted by atomic mass is 33.1. The lowest BCUT2D eigenvalue weighted by atomic mass is 10.2. The quantitative estimate of drug-likeness (QED) is 0.423. The molecular weight excluding hydrogens is 296 g/mol. The van der Waals surface area contributed by atoms with Gasteiger partial charge in [-0.3, -0.25) is 4.79 Å². The molecule has 20 heavy (non-hydrogen) atoms. The van der Waals surface area contributed by atoms with Crippen LogP contribution in [0, 0.1) is 0 Å². The van der Waals surface area contributed by atoms with Gasteiger partial charge in [0.2, 0.25) is 0 Å². The second kappa shape index (κ2) is 9.99. The Morgan fingerprint density at radius 2 is 2.20 bits per heavy atom. The highest BCUT2D eigenvalue weighted by Crippen LogP contribution is 2.37. The first-order valence-electron chi connectivity index (χ1n) is 6.77. The fraction of sp³-hybridized carbons (Fsp3) is 0.692. The fourth-order valence-corrected chi connectivity index (χ4v) is 3.93. The van der Waals surface area contributed by atoms with Crippen molar-refractivity contribution in [2.75, 3.05) is 26.7 Å². The lowest BCUT2D eigenvalue weighted by molar-refractivity contribution is -0.143. The Balaban J connectivity index is 2.03. The molecule has 1 unspecified atom stereocenters. The third kappa shape index (κ3) is 7.09. The first-order valence-corrected chi connectivity index (χ1v) is 9.04. The van der Waals surface area contributed by atoms with Gasteiger partial charge >= 0.3 is 12.0 Å². The normalized spacial score (nSPS) is 17.0. The van der Waals surface area contributed by atoms with Crippen LogP contribution in [0.3, 0.4) is 0 Å². The van der Waals surface area contributed by atoms with Crippen molar-refractivity contribution in [3.05, 3.63) is 11.5 Å². The molecule has 1 aliphatic rings. The number of nitrogens with one attached hydrogen (secondary N) is 1. The number of hydrogen-bond donors (Lipinski definition) is 1. The lowest BCUT2D eigenvalue weighted by Crippen LogP contribution is -2.40. The van der Waals surface area contributed by atoms with E-state index in [1.165, 1.54) is 4.90 Å². The molecule has 2 amide bonds. The van der Waals surface area contributed by atoms with Crippen LogP contribution in [0.2, 0.25) is 0 Å². The first kappa shape index (κ1) is 17.2. The largest absolute Gasteiger partial charge is 0.465 e. The van der Waals surface area contributed by atoms with Crippen LogP contribution in [0.25, 0.3) is 0 Å². The number of rotatable bonds is 8. The molecule has 1 atom stereocenters. The summed E-state index contributed by atoms with van der Waals surface area (Å²) in [7, 11) is 5.25. The Kier molecular flexibility index (Phi) is 8.60. The van der Waals surface area contributed by atoms with E-state index < -0.39 is 0 Å². The number of carbonyl (C=O) groups is 2. The van der Waals surface area contributed by atoms with E-state index in [0.29, 0.717) is 18.4 Å². The Hall–Kier alpha value is -0.820. The SMILES string of the molecule is CCOC(=O)CN(C)C(=O)NCCCCC1C=CSS1. The van der Waals surface area contributed by atoms with Gasteiger partial charge in [0.05, 0.1) is 6.61 Å². The third-order valence-corrected chi connectivity index (χ3v) is 5.17. The molecule has 0 radical (unpaired) electrons. The van der Waals surface area contributed by atoms with E-state index in [4.69, 9.17) is 4.74 Å². The van der Waals surface area contributed by atoms with Gasteiger partial charge in [-0.25, -0.2) is 4.79 Å². The van der Waals surface area contributed by atoms with Crippen LogP contribution in [0.1, 0.15) is 26.2 Å². The van der Waals surface area contributed by atoms with Crippen molar-refractivity contribution in [1.29, 1.82) is 0 Å².